The monoisotopic (exact) mass is 475 g/mol. The SMILES string of the molecule is Cn1nc(Br)c2c(=O)n(CC(=O)Nc3c(F)cc(F)cc3Br)cnc21. The van der Waals surface area contributed by atoms with Gasteiger partial charge >= 0.3 is 0 Å². The first-order valence-corrected chi connectivity index (χ1v) is 8.38. The fourth-order valence-electron chi connectivity index (χ4n) is 2.24. The number of aromatic nitrogens is 4. The number of nitrogens with one attached hydrogen (secondary N) is 1. The van der Waals surface area contributed by atoms with Crippen LogP contribution in [0.25, 0.3) is 11.0 Å². The van der Waals surface area contributed by atoms with Crippen LogP contribution in [-0.2, 0) is 18.4 Å². The number of fused-ring (bicyclic) bond motifs is 1. The summed E-state index contributed by atoms with van der Waals surface area (Å²) in [5.74, 6) is -2.39. The number of carbonyl (C=O) groups is 1. The summed E-state index contributed by atoms with van der Waals surface area (Å²) in [6.45, 7) is -0.396. The molecule has 0 bridgehead atoms. The van der Waals surface area contributed by atoms with Crippen LogP contribution in [0.4, 0.5) is 14.5 Å². The lowest BCUT2D eigenvalue weighted by Gasteiger charge is -2.10. The lowest BCUT2D eigenvalue weighted by Crippen LogP contribution is -2.28. The first-order valence-electron chi connectivity index (χ1n) is 6.80. The molecule has 2 aromatic heterocycles. The summed E-state index contributed by atoms with van der Waals surface area (Å²) in [6.07, 6.45) is 1.20. The highest BCUT2D eigenvalue weighted by Crippen LogP contribution is 2.26. The van der Waals surface area contributed by atoms with Crippen LogP contribution in [0.3, 0.4) is 0 Å². The standard InChI is InChI=1S/C14H9Br2F2N5O2/c1-22-13-10(12(16)21-22)14(25)23(5-19-13)4-9(24)20-11-7(15)2-6(17)3-8(11)18/h2-3,5H,4H2,1H3,(H,20,24). The van der Waals surface area contributed by atoms with Crippen LogP contribution in [0.5, 0.6) is 0 Å². The first kappa shape index (κ1) is 17.7. The summed E-state index contributed by atoms with van der Waals surface area (Å²) in [5, 5.41) is 6.57. The summed E-state index contributed by atoms with van der Waals surface area (Å²) in [6, 6.07) is 1.66. The lowest BCUT2D eigenvalue weighted by molar-refractivity contribution is -0.116. The Morgan fingerprint density at radius 1 is 1.32 bits per heavy atom. The molecular weight excluding hydrogens is 468 g/mol. The average Bonchev–Trinajstić information content (AvgIpc) is 2.81. The van der Waals surface area contributed by atoms with Crippen LogP contribution >= 0.6 is 31.9 Å². The summed E-state index contributed by atoms with van der Waals surface area (Å²) in [4.78, 5) is 28.7. The number of hydrogen-bond acceptors (Lipinski definition) is 4. The second-order valence-electron chi connectivity index (χ2n) is 5.08. The van der Waals surface area contributed by atoms with E-state index in [0.29, 0.717) is 16.3 Å². The Morgan fingerprint density at radius 3 is 2.72 bits per heavy atom. The summed E-state index contributed by atoms with van der Waals surface area (Å²) < 4.78 is 29.7. The molecule has 3 aromatic rings. The minimum Gasteiger partial charge on any atom is -0.321 e. The number of hydrogen-bond donors (Lipinski definition) is 1. The van der Waals surface area contributed by atoms with Gasteiger partial charge in [0.25, 0.3) is 5.56 Å². The van der Waals surface area contributed by atoms with Gasteiger partial charge in [0.15, 0.2) is 11.5 Å². The van der Waals surface area contributed by atoms with Crippen molar-refractivity contribution < 1.29 is 13.6 Å². The van der Waals surface area contributed by atoms with E-state index >= 15 is 0 Å². The van der Waals surface area contributed by atoms with Crippen LogP contribution in [0.15, 0.2) is 32.3 Å². The predicted octanol–water partition coefficient (Wildman–Crippen LogP) is 2.57. The number of halogens is 4. The molecule has 0 atom stereocenters. The van der Waals surface area contributed by atoms with E-state index in [2.05, 4.69) is 47.3 Å². The molecule has 0 spiro atoms. The zero-order valence-electron chi connectivity index (χ0n) is 12.6. The van der Waals surface area contributed by atoms with Crippen LogP contribution in [-0.4, -0.2) is 25.2 Å². The second-order valence-corrected chi connectivity index (χ2v) is 6.69. The zero-order valence-corrected chi connectivity index (χ0v) is 15.7. The van der Waals surface area contributed by atoms with Gasteiger partial charge in [0, 0.05) is 17.6 Å². The highest BCUT2D eigenvalue weighted by atomic mass is 79.9. The van der Waals surface area contributed by atoms with Crippen molar-refractivity contribution in [3.05, 3.63) is 49.5 Å². The largest absolute Gasteiger partial charge is 0.321 e. The van der Waals surface area contributed by atoms with Gasteiger partial charge in [-0.05, 0) is 37.9 Å². The van der Waals surface area contributed by atoms with Gasteiger partial charge in [-0.1, -0.05) is 0 Å². The molecule has 1 aromatic carbocycles. The predicted molar refractivity (Wildman–Crippen MR) is 93.2 cm³/mol. The molecule has 0 saturated heterocycles. The smallest absolute Gasteiger partial charge is 0.266 e. The van der Waals surface area contributed by atoms with Gasteiger partial charge in [-0.3, -0.25) is 14.2 Å². The number of aryl methyl sites for hydroxylation is 1. The summed E-state index contributed by atoms with van der Waals surface area (Å²) >= 11 is 6.15. The van der Waals surface area contributed by atoms with E-state index in [0.717, 1.165) is 10.6 Å². The first-order chi connectivity index (χ1) is 11.8. The third-order valence-corrected chi connectivity index (χ3v) is 4.53. The topological polar surface area (TPSA) is 81.8 Å². The van der Waals surface area contributed by atoms with Gasteiger partial charge in [0.05, 0.1) is 5.69 Å². The van der Waals surface area contributed by atoms with Crippen molar-refractivity contribution in [1.29, 1.82) is 0 Å². The fraction of sp³-hybridized carbons (Fsp3) is 0.143. The number of carbonyl (C=O) groups excluding carboxylic acids is 1. The molecule has 1 amide bonds. The van der Waals surface area contributed by atoms with Crippen LogP contribution in [0, 0.1) is 11.6 Å². The van der Waals surface area contributed by atoms with Gasteiger partial charge in [0.2, 0.25) is 5.91 Å². The lowest BCUT2D eigenvalue weighted by atomic mass is 10.3. The van der Waals surface area contributed by atoms with Gasteiger partial charge in [-0.25, -0.2) is 18.4 Å². The van der Waals surface area contributed by atoms with Crippen molar-refractivity contribution in [2.24, 2.45) is 7.05 Å². The molecular formula is C14H9Br2F2N5O2. The Balaban J connectivity index is 1.89. The number of anilines is 1. The molecule has 0 aliphatic heterocycles. The molecule has 130 valence electrons. The minimum absolute atomic E-state index is 0.0503. The van der Waals surface area contributed by atoms with Gasteiger partial charge in [-0.15, -0.1) is 0 Å². The highest BCUT2D eigenvalue weighted by Gasteiger charge is 2.17. The van der Waals surface area contributed by atoms with Gasteiger partial charge in [0.1, 0.15) is 28.7 Å². The maximum atomic E-state index is 13.8. The van der Waals surface area contributed by atoms with E-state index in [1.807, 2.05) is 0 Å². The Morgan fingerprint density at radius 2 is 2.04 bits per heavy atom. The molecule has 11 heteroatoms. The van der Waals surface area contributed by atoms with E-state index in [9.17, 15) is 18.4 Å². The molecule has 0 unspecified atom stereocenters. The molecule has 0 radical (unpaired) electrons. The maximum Gasteiger partial charge on any atom is 0.266 e. The Kier molecular flexibility index (Phi) is 4.69. The third kappa shape index (κ3) is 3.33. The van der Waals surface area contributed by atoms with Crippen molar-refractivity contribution in [3.63, 3.8) is 0 Å². The van der Waals surface area contributed by atoms with Crippen molar-refractivity contribution in [3.8, 4) is 0 Å². The molecule has 0 saturated carbocycles. The number of nitrogens with zero attached hydrogens (tertiary/aromatic N) is 4. The minimum atomic E-state index is -0.934. The van der Waals surface area contributed by atoms with Crippen molar-refractivity contribution in [2.45, 2.75) is 6.54 Å². The average molecular weight is 477 g/mol. The fourth-order valence-corrected chi connectivity index (χ4v) is 3.34. The van der Waals surface area contributed by atoms with E-state index in [-0.39, 0.29) is 15.5 Å². The van der Waals surface area contributed by atoms with Crippen molar-refractivity contribution in [1.82, 2.24) is 19.3 Å². The Bertz CT molecular complexity index is 1040. The third-order valence-electron chi connectivity index (χ3n) is 3.35. The molecule has 3 rings (SSSR count). The van der Waals surface area contributed by atoms with Crippen molar-refractivity contribution >= 4 is 54.5 Å². The van der Waals surface area contributed by atoms with Crippen LogP contribution in [0.2, 0.25) is 0 Å². The normalized spacial score (nSPS) is 11.1. The van der Waals surface area contributed by atoms with Crippen LogP contribution in [0.1, 0.15) is 0 Å². The second kappa shape index (κ2) is 6.64. The quantitative estimate of drug-likeness (QED) is 0.629. The van der Waals surface area contributed by atoms with Gasteiger partial charge < -0.3 is 5.32 Å². The maximum absolute atomic E-state index is 13.8. The highest BCUT2D eigenvalue weighted by molar-refractivity contribution is 9.11. The molecule has 25 heavy (non-hydrogen) atoms. The Labute approximate surface area is 155 Å². The van der Waals surface area contributed by atoms with Crippen molar-refractivity contribution in [2.75, 3.05) is 5.32 Å². The molecule has 1 N–H and O–H groups in total. The van der Waals surface area contributed by atoms with Crippen LogP contribution < -0.4 is 10.9 Å². The molecule has 0 fully saturated rings. The molecule has 7 nitrogen and oxygen atoms in total. The summed E-state index contributed by atoms with van der Waals surface area (Å²) in [7, 11) is 1.63. The van der Waals surface area contributed by atoms with E-state index in [1.165, 1.54) is 11.0 Å². The Hall–Kier alpha value is -2.14. The molecule has 2 heterocycles. The zero-order chi connectivity index (χ0) is 18.3. The van der Waals surface area contributed by atoms with Gasteiger partial charge in [-0.2, -0.15) is 5.10 Å². The summed E-state index contributed by atoms with van der Waals surface area (Å²) in [5.41, 5.74) is -0.323. The number of rotatable bonds is 3. The molecule has 0 aliphatic carbocycles. The number of amides is 1. The molecule has 0 aliphatic rings. The van der Waals surface area contributed by atoms with E-state index in [4.69, 9.17) is 0 Å². The van der Waals surface area contributed by atoms with E-state index < -0.39 is 29.6 Å². The van der Waals surface area contributed by atoms with E-state index in [1.54, 1.807) is 7.05 Å². The number of benzene rings is 1.